The highest BCUT2D eigenvalue weighted by molar-refractivity contribution is 7.92. The van der Waals surface area contributed by atoms with E-state index in [4.69, 9.17) is 0 Å². The molecule has 0 spiro atoms. The van der Waals surface area contributed by atoms with Crippen LogP contribution in [0.1, 0.15) is 25.5 Å². The molecule has 0 aliphatic rings. The lowest BCUT2D eigenvalue weighted by atomic mass is 10.1. The van der Waals surface area contributed by atoms with E-state index in [0.29, 0.717) is 18.3 Å². The SMILES string of the molecule is CC(C)NCC(O)c1ccc(NS(C)(=O)=O)cc1.[Cl-]. The molecule has 0 aliphatic carbocycles. The lowest BCUT2D eigenvalue weighted by Crippen LogP contribution is -3.00. The molecule has 1 unspecified atom stereocenters. The monoisotopic (exact) mass is 307 g/mol. The van der Waals surface area contributed by atoms with E-state index in [1.807, 2.05) is 13.8 Å². The van der Waals surface area contributed by atoms with Crippen molar-refractivity contribution in [3.05, 3.63) is 29.8 Å². The van der Waals surface area contributed by atoms with E-state index < -0.39 is 16.1 Å². The Labute approximate surface area is 120 Å². The third kappa shape index (κ3) is 7.37. The van der Waals surface area contributed by atoms with Gasteiger partial charge in [-0.25, -0.2) is 8.42 Å². The summed E-state index contributed by atoms with van der Waals surface area (Å²) < 4.78 is 24.4. The largest absolute Gasteiger partial charge is 1.00 e. The Hall–Kier alpha value is -0.820. The molecule has 0 fully saturated rings. The van der Waals surface area contributed by atoms with Crippen molar-refractivity contribution in [2.75, 3.05) is 17.5 Å². The Morgan fingerprint density at radius 2 is 1.74 bits per heavy atom. The summed E-state index contributed by atoms with van der Waals surface area (Å²) in [6.45, 7) is 4.48. The molecular weight excluding hydrogens is 288 g/mol. The average Bonchev–Trinajstić information content (AvgIpc) is 2.24. The van der Waals surface area contributed by atoms with Crippen molar-refractivity contribution in [1.82, 2.24) is 5.32 Å². The maximum Gasteiger partial charge on any atom is 0.229 e. The van der Waals surface area contributed by atoms with Crippen LogP contribution in [0.15, 0.2) is 24.3 Å². The van der Waals surface area contributed by atoms with Crippen molar-refractivity contribution in [2.45, 2.75) is 26.0 Å². The minimum absolute atomic E-state index is 0. The van der Waals surface area contributed by atoms with Crippen LogP contribution >= 0.6 is 0 Å². The predicted molar refractivity (Wildman–Crippen MR) is 73.0 cm³/mol. The first-order valence-electron chi connectivity index (χ1n) is 5.77. The molecule has 110 valence electrons. The first kappa shape index (κ1) is 18.2. The van der Waals surface area contributed by atoms with Crippen LogP contribution in [0.25, 0.3) is 0 Å². The van der Waals surface area contributed by atoms with E-state index in [1.165, 1.54) is 0 Å². The zero-order valence-corrected chi connectivity index (χ0v) is 12.8. The summed E-state index contributed by atoms with van der Waals surface area (Å²) in [7, 11) is -3.26. The van der Waals surface area contributed by atoms with Crippen LogP contribution in [0.5, 0.6) is 0 Å². The predicted octanol–water partition coefficient (Wildman–Crippen LogP) is -1.91. The molecule has 3 N–H and O–H groups in total. The zero-order valence-electron chi connectivity index (χ0n) is 11.2. The van der Waals surface area contributed by atoms with Gasteiger partial charge in [0, 0.05) is 18.3 Å². The summed E-state index contributed by atoms with van der Waals surface area (Å²) in [5.41, 5.74) is 1.24. The summed E-state index contributed by atoms with van der Waals surface area (Å²) in [5, 5.41) is 13.0. The fourth-order valence-corrected chi connectivity index (χ4v) is 2.02. The van der Waals surface area contributed by atoms with E-state index in [9.17, 15) is 13.5 Å². The number of sulfonamides is 1. The van der Waals surface area contributed by atoms with E-state index in [0.717, 1.165) is 11.8 Å². The number of rotatable bonds is 6. The van der Waals surface area contributed by atoms with Crippen LogP contribution < -0.4 is 22.4 Å². The molecule has 1 atom stereocenters. The number of aliphatic hydroxyl groups is 1. The summed E-state index contributed by atoms with van der Waals surface area (Å²) in [6, 6.07) is 7.00. The molecule has 0 aliphatic heterocycles. The second kappa shape index (κ2) is 7.69. The van der Waals surface area contributed by atoms with Crippen molar-refractivity contribution in [3.8, 4) is 0 Å². The molecule has 0 bridgehead atoms. The lowest BCUT2D eigenvalue weighted by Gasteiger charge is -2.14. The van der Waals surface area contributed by atoms with E-state index in [2.05, 4.69) is 10.0 Å². The highest BCUT2D eigenvalue weighted by Crippen LogP contribution is 2.16. The summed E-state index contributed by atoms with van der Waals surface area (Å²) in [6.07, 6.45) is 0.502. The number of hydrogen-bond acceptors (Lipinski definition) is 4. The Bertz CT molecular complexity index is 474. The number of nitrogens with one attached hydrogen (secondary N) is 2. The molecule has 19 heavy (non-hydrogen) atoms. The minimum atomic E-state index is -3.26. The molecule has 1 rings (SSSR count). The number of halogens is 1. The van der Waals surface area contributed by atoms with Crippen LogP contribution in [-0.2, 0) is 10.0 Å². The first-order chi connectivity index (χ1) is 8.28. The van der Waals surface area contributed by atoms with Gasteiger partial charge in [0.15, 0.2) is 0 Å². The van der Waals surface area contributed by atoms with Crippen molar-refractivity contribution in [1.29, 1.82) is 0 Å². The lowest BCUT2D eigenvalue weighted by molar-refractivity contribution is -0.00000801. The maximum absolute atomic E-state index is 11.0. The van der Waals surface area contributed by atoms with E-state index in [1.54, 1.807) is 24.3 Å². The van der Waals surface area contributed by atoms with Gasteiger partial charge in [0.25, 0.3) is 0 Å². The Kier molecular flexibility index (Phi) is 7.36. The van der Waals surface area contributed by atoms with Crippen LogP contribution in [0, 0.1) is 0 Å². The van der Waals surface area contributed by atoms with Gasteiger partial charge in [-0.15, -0.1) is 0 Å². The summed E-state index contributed by atoms with van der Waals surface area (Å²) >= 11 is 0. The highest BCUT2D eigenvalue weighted by atomic mass is 35.5. The molecule has 1 aromatic carbocycles. The second-order valence-electron chi connectivity index (χ2n) is 4.57. The van der Waals surface area contributed by atoms with Gasteiger partial charge in [-0.3, -0.25) is 4.72 Å². The second-order valence-corrected chi connectivity index (χ2v) is 6.32. The van der Waals surface area contributed by atoms with Crippen molar-refractivity contribution in [3.63, 3.8) is 0 Å². The molecule has 0 heterocycles. The number of hydrogen-bond donors (Lipinski definition) is 3. The Morgan fingerprint density at radius 1 is 1.21 bits per heavy atom. The standard InChI is InChI=1S/C12H20N2O3S.ClH/c1-9(2)13-8-12(15)10-4-6-11(7-5-10)14-18(3,16)17;/h4-7,9,12-15H,8H2,1-3H3;1H/p-1. The Balaban J connectivity index is 0.00000324. The van der Waals surface area contributed by atoms with Gasteiger partial charge in [0.1, 0.15) is 0 Å². The third-order valence-electron chi connectivity index (χ3n) is 2.32. The van der Waals surface area contributed by atoms with E-state index in [-0.39, 0.29) is 12.4 Å². The molecule has 5 nitrogen and oxygen atoms in total. The van der Waals surface area contributed by atoms with Crippen LogP contribution in [0.3, 0.4) is 0 Å². The molecule has 0 saturated carbocycles. The third-order valence-corrected chi connectivity index (χ3v) is 2.92. The van der Waals surface area contributed by atoms with Gasteiger partial charge in [0.05, 0.1) is 12.4 Å². The van der Waals surface area contributed by atoms with Gasteiger partial charge >= 0.3 is 0 Å². The molecule has 7 heteroatoms. The average molecular weight is 308 g/mol. The molecule has 0 amide bonds. The number of anilines is 1. The quantitative estimate of drug-likeness (QED) is 0.573. The van der Waals surface area contributed by atoms with Gasteiger partial charge in [-0.2, -0.15) is 0 Å². The zero-order chi connectivity index (χ0) is 13.8. The summed E-state index contributed by atoms with van der Waals surface area (Å²) in [5.74, 6) is 0. The maximum atomic E-state index is 11.0. The van der Waals surface area contributed by atoms with Crippen LogP contribution in [0.4, 0.5) is 5.69 Å². The van der Waals surface area contributed by atoms with E-state index >= 15 is 0 Å². The van der Waals surface area contributed by atoms with Crippen molar-refractivity contribution >= 4 is 15.7 Å². The van der Waals surface area contributed by atoms with Gasteiger partial charge in [-0.05, 0) is 17.7 Å². The molecule has 1 aromatic rings. The minimum Gasteiger partial charge on any atom is -1.00 e. The van der Waals surface area contributed by atoms with Crippen LogP contribution in [0.2, 0.25) is 0 Å². The smallest absolute Gasteiger partial charge is 0.229 e. The molecule has 0 saturated heterocycles. The Morgan fingerprint density at radius 3 is 2.16 bits per heavy atom. The topological polar surface area (TPSA) is 78.4 Å². The molecule has 0 aromatic heterocycles. The van der Waals surface area contributed by atoms with Crippen molar-refractivity contribution in [2.24, 2.45) is 0 Å². The molecular formula is C12H20ClN2O3S-. The fraction of sp³-hybridized carbons (Fsp3) is 0.500. The highest BCUT2D eigenvalue weighted by Gasteiger charge is 2.08. The van der Waals surface area contributed by atoms with Gasteiger partial charge in [0.2, 0.25) is 10.0 Å². The van der Waals surface area contributed by atoms with Crippen LogP contribution in [-0.4, -0.2) is 32.4 Å². The number of benzene rings is 1. The van der Waals surface area contributed by atoms with Gasteiger partial charge in [-0.1, -0.05) is 26.0 Å². The summed E-state index contributed by atoms with van der Waals surface area (Å²) in [4.78, 5) is 0. The fourth-order valence-electron chi connectivity index (χ4n) is 1.45. The van der Waals surface area contributed by atoms with Gasteiger partial charge < -0.3 is 22.8 Å². The number of aliphatic hydroxyl groups excluding tert-OH is 1. The normalized spacial score (nSPS) is 12.9. The molecule has 0 radical (unpaired) electrons. The first-order valence-corrected chi connectivity index (χ1v) is 7.66. The van der Waals surface area contributed by atoms with Crippen molar-refractivity contribution < 1.29 is 25.9 Å².